The molecule has 0 saturated heterocycles. The molecule has 0 unspecified atom stereocenters. The molecule has 0 N–H and O–H groups in total. The molecule has 1 heteroatoms. The molecule has 1 nitrogen and oxygen atoms in total. The second kappa shape index (κ2) is 2.82. The topological polar surface area (TPSA) is 17.1 Å². The molecular formula is C9H12O. The minimum absolute atomic E-state index is 0.313. The molecule has 1 rings (SSSR count). The molecule has 0 aromatic carbocycles. The van der Waals surface area contributed by atoms with Gasteiger partial charge in [0.25, 0.3) is 0 Å². The smallest absolute Gasteiger partial charge is 0.159 e. The summed E-state index contributed by atoms with van der Waals surface area (Å²) in [5.74, 6) is 0.313. The van der Waals surface area contributed by atoms with Crippen LogP contribution in [0.2, 0.25) is 0 Å². The first-order valence-electron chi connectivity index (χ1n) is 3.61. The number of rotatable bonds is 1. The lowest BCUT2D eigenvalue weighted by atomic mass is 10.1. The van der Waals surface area contributed by atoms with Gasteiger partial charge in [-0.25, -0.2) is 0 Å². The Kier molecular flexibility index (Phi) is 2.05. The van der Waals surface area contributed by atoms with Crippen LogP contribution >= 0.6 is 0 Å². The van der Waals surface area contributed by atoms with E-state index in [1.165, 1.54) is 5.57 Å². The standard InChI is InChI=1S/C9H12O/c1-3-4-8-5-6-9(10)7(8)2/h3-4H,5-6H2,1-2H3/b4-3+. The molecule has 0 bridgehead atoms. The minimum atomic E-state index is 0.313. The predicted molar refractivity (Wildman–Crippen MR) is 41.8 cm³/mol. The molecular weight excluding hydrogens is 124 g/mol. The highest BCUT2D eigenvalue weighted by atomic mass is 16.1. The van der Waals surface area contributed by atoms with Crippen molar-refractivity contribution in [2.24, 2.45) is 0 Å². The second-order valence-electron chi connectivity index (χ2n) is 2.57. The zero-order chi connectivity index (χ0) is 7.56. The summed E-state index contributed by atoms with van der Waals surface area (Å²) in [6, 6.07) is 0. The molecule has 0 heterocycles. The summed E-state index contributed by atoms with van der Waals surface area (Å²) in [7, 11) is 0. The van der Waals surface area contributed by atoms with E-state index in [2.05, 4.69) is 0 Å². The van der Waals surface area contributed by atoms with Crippen LogP contribution in [0.15, 0.2) is 23.3 Å². The van der Waals surface area contributed by atoms with Crippen LogP contribution in [-0.2, 0) is 4.79 Å². The second-order valence-corrected chi connectivity index (χ2v) is 2.57. The average molecular weight is 136 g/mol. The fraction of sp³-hybridized carbons (Fsp3) is 0.444. The van der Waals surface area contributed by atoms with Crippen LogP contribution in [0.3, 0.4) is 0 Å². The highest BCUT2D eigenvalue weighted by Crippen LogP contribution is 2.22. The van der Waals surface area contributed by atoms with Crippen molar-refractivity contribution in [1.82, 2.24) is 0 Å². The van der Waals surface area contributed by atoms with Crippen LogP contribution < -0.4 is 0 Å². The minimum Gasteiger partial charge on any atom is -0.295 e. The highest BCUT2D eigenvalue weighted by Gasteiger charge is 2.16. The monoisotopic (exact) mass is 136 g/mol. The molecule has 54 valence electrons. The van der Waals surface area contributed by atoms with Gasteiger partial charge in [0.05, 0.1) is 0 Å². The summed E-state index contributed by atoms with van der Waals surface area (Å²) in [4.78, 5) is 11.0. The molecule has 0 atom stereocenters. The summed E-state index contributed by atoms with van der Waals surface area (Å²) in [6.07, 6.45) is 5.66. The van der Waals surface area contributed by atoms with Crippen molar-refractivity contribution in [2.75, 3.05) is 0 Å². The van der Waals surface area contributed by atoms with Gasteiger partial charge in [0.2, 0.25) is 0 Å². The Hall–Kier alpha value is -0.850. The van der Waals surface area contributed by atoms with Crippen molar-refractivity contribution >= 4 is 5.78 Å². The van der Waals surface area contributed by atoms with Crippen molar-refractivity contribution < 1.29 is 4.79 Å². The maximum absolute atomic E-state index is 11.0. The normalized spacial score (nSPS) is 19.6. The number of hydrogen-bond donors (Lipinski definition) is 0. The number of allylic oxidation sites excluding steroid dienone is 4. The van der Waals surface area contributed by atoms with Crippen LogP contribution in [0.4, 0.5) is 0 Å². The first kappa shape index (κ1) is 7.26. The molecule has 0 fully saturated rings. The molecule has 0 saturated carbocycles. The lowest BCUT2D eigenvalue weighted by Gasteiger charge is -1.90. The van der Waals surface area contributed by atoms with E-state index in [0.717, 1.165) is 12.0 Å². The zero-order valence-corrected chi connectivity index (χ0v) is 6.48. The van der Waals surface area contributed by atoms with E-state index in [9.17, 15) is 4.79 Å². The van der Waals surface area contributed by atoms with Gasteiger partial charge in [0.15, 0.2) is 5.78 Å². The van der Waals surface area contributed by atoms with E-state index in [1.54, 1.807) is 0 Å². The van der Waals surface area contributed by atoms with Gasteiger partial charge in [0.1, 0.15) is 0 Å². The van der Waals surface area contributed by atoms with Crippen molar-refractivity contribution in [1.29, 1.82) is 0 Å². The van der Waals surface area contributed by atoms with Gasteiger partial charge >= 0.3 is 0 Å². The summed E-state index contributed by atoms with van der Waals surface area (Å²) >= 11 is 0. The third kappa shape index (κ3) is 1.18. The summed E-state index contributed by atoms with van der Waals surface area (Å²) in [5, 5.41) is 0. The zero-order valence-electron chi connectivity index (χ0n) is 6.48. The Bertz CT molecular complexity index is 209. The van der Waals surface area contributed by atoms with Gasteiger partial charge in [-0.1, -0.05) is 12.2 Å². The van der Waals surface area contributed by atoms with Gasteiger partial charge < -0.3 is 0 Å². The van der Waals surface area contributed by atoms with Gasteiger partial charge in [-0.15, -0.1) is 0 Å². The van der Waals surface area contributed by atoms with Crippen molar-refractivity contribution in [3.8, 4) is 0 Å². The van der Waals surface area contributed by atoms with E-state index >= 15 is 0 Å². The molecule has 0 aromatic rings. The predicted octanol–water partition coefficient (Wildman–Crippen LogP) is 2.24. The number of carbonyl (C=O) groups excluding carboxylic acids is 1. The Morgan fingerprint density at radius 2 is 2.10 bits per heavy atom. The first-order chi connectivity index (χ1) is 4.75. The first-order valence-corrected chi connectivity index (χ1v) is 3.61. The van der Waals surface area contributed by atoms with Crippen molar-refractivity contribution in [3.05, 3.63) is 23.3 Å². The molecule has 0 radical (unpaired) electrons. The molecule has 1 aliphatic carbocycles. The summed E-state index contributed by atoms with van der Waals surface area (Å²) < 4.78 is 0. The van der Waals surface area contributed by atoms with Gasteiger partial charge in [-0.2, -0.15) is 0 Å². The van der Waals surface area contributed by atoms with E-state index in [4.69, 9.17) is 0 Å². The fourth-order valence-electron chi connectivity index (χ4n) is 1.21. The molecule has 0 aliphatic heterocycles. The maximum atomic E-state index is 11.0. The lowest BCUT2D eigenvalue weighted by molar-refractivity contribution is -0.114. The molecule has 0 amide bonds. The van der Waals surface area contributed by atoms with Crippen LogP contribution in [0.25, 0.3) is 0 Å². The van der Waals surface area contributed by atoms with Crippen molar-refractivity contribution in [3.63, 3.8) is 0 Å². The van der Waals surface area contributed by atoms with Crippen molar-refractivity contribution in [2.45, 2.75) is 26.7 Å². The van der Waals surface area contributed by atoms with E-state index in [-0.39, 0.29) is 0 Å². The van der Waals surface area contributed by atoms with Gasteiger partial charge in [-0.05, 0) is 31.4 Å². The number of Topliss-reactive ketones (excluding diaryl/α,β-unsaturated/α-hetero) is 1. The molecule has 10 heavy (non-hydrogen) atoms. The number of hydrogen-bond acceptors (Lipinski definition) is 1. The maximum Gasteiger partial charge on any atom is 0.159 e. The number of carbonyl (C=O) groups is 1. The Labute approximate surface area is 61.4 Å². The third-order valence-electron chi connectivity index (χ3n) is 1.89. The lowest BCUT2D eigenvalue weighted by Crippen LogP contribution is -1.89. The van der Waals surface area contributed by atoms with Crippen LogP contribution in [0.1, 0.15) is 26.7 Å². The fourth-order valence-corrected chi connectivity index (χ4v) is 1.21. The summed E-state index contributed by atoms with van der Waals surface area (Å²) in [6.45, 7) is 3.88. The molecule has 0 spiro atoms. The van der Waals surface area contributed by atoms with Crippen LogP contribution in [-0.4, -0.2) is 5.78 Å². The highest BCUT2D eigenvalue weighted by molar-refractivity contribution is 5.98. The van der Waals surface area contributed by atoms with E-state index in [0.29, 0.717) is 12.2 Å². The quantitative estimate of drug-likeness (QED) is 0.540. The van der Waals surface area contributed by atoms with Crippen LogP contribution in [0.5, 0.6) is 0 Å². The average Bonchev–Trinajstić information content (AvgIpc) is 2.20. The number of ketones is 1. The van der Waals surface area contributed by atoms with Gasteiger partial charge in [-0.3, -0.25) is 4.79 Å². The van der Waals surface area contributed by atoms with E-state index in [1.807, 2.05) is 26.0 Å². The third-order valence-corrected chi connectivity index (χ3v) is 1.89. The SMILES string of the molecule is C/C=C/C1=C(C)C(=O)CC1. The Morgan fingerprint density at radius 3 is 2.50 bits per heavy atom. The molecule has 1 aliphatic rings. The van der Waals surface area contributed by atoms with E-state index < -0.39 is 0 Å². The largest absolute Gasteiger partial charge is 0.295 e. The Morgan fingerprint density at radius 1 is 1.40 bits per heavy atom. The van der Waals surface area contributed by atoms with Gasteiger partial charge in [0, 0.05) is 6.42 Å². The summed E-state index contributed by atoms with van der Waals surface area (Å²) in [5.41, 5.74) is 2.17. The molecule has 0 aromatic heterocycles. The van der Waals surface area contributed by atoms with Crippen LogP contribution in [0, 0.1) is 0 Å². The Balaban J connectivity index is 2.85.